The van der Waals surface area contributed by atoms with Crippen LogP contribution in [0, 0.1) is 12.8 Å². The van der Waals surface area contributed by atoms with Gasteiger partial charge in [0.25, 0.3) is 0 Å². The normalized spacial score (nSPS) is 12.2. The number of benzene rings is 1. The molecule has 0 radical (unpaired) electrons. The molecule has 1 aromatic carbocycles. The van der Waals surface area contributed by atoms with Gasteiger partial charge in [-0.2, -0.15) is 0 Å². The molecule has 0 spiro atoms. The SMILES string of the molecule is Cc1cc(OCCCC(C)C(=O)O)ccc1Cl. The summed E-state index contributed by atoms with van der Waals surface area (Å²) in [5.74, 6) is -0.298. The van der Waals surface area contributed by atoms with Crippen LogP contribution in [0.1, 0.15) is 25.3 Å². The number of carboxylic acids is 1. The van der Waals surface area contributed by atoms with Gasteiger partial charge in [0.05, 0.1) is 12.5 Å². The number of rotatable bonds is 6. The number of hydrogen-bond donors (Lipinski definition) is 1. The van der Waals surface area contributed by atoms with Gasteiger partial charge in [0.1, 0.15) is 5.75 Å². The van der Waals surface area contributed by atoms with Crippen molar-refractivity contribution in [3.63, 3.8) is 0 Å². The number of carboxylic acid groups (broad SMARTS) is 1. The van der Waals surface area contributed by atoms with Crippen LogP contribution in [0.25, 0.3) is 0 Å². The predicted octanol–water partition coefficient (Wildman–Crippen LogP) is 3.53. The number of ether oxygens (including phenoxy) is 1. The van der Waals surface area contributed by atoms with E-state index in [1.54, 1.807) is 13.0 Å². The minimum absolute atomic E-state index is 0.314. The Morgan fingerprint density at radius 1 is 1.53 bits per heavy atom. The first-order valence-electron chi connectivity index (χ1n) is 5.62. The molecule has 1 unspecified atom stereocenters. The highest BCUT2D eigenvalue weighted by Gasteiger charge is 2.09. The maximum Gasteiger partial charge on any atom is 0.306 e. The smallest absolute Gasteiger partial charge is 0.306 e. The summed E-state index contributed by atoms with van der Waals surface area (Å²) in [5, 5.41) is 9.43. The molecule has 1 atom stereocenters. The standard InChI is InChI=1S/C13H17ClO3/c1-9(13(15)16)4-3-7-17-11-5-6-12(14)10(2)8-11/h5-6,8-9H,3-4,7H2,1-2H3,(H,15,16). The Bertz CT molecular complexity index is 390. The largest absolute Gasteiger partial charge is 0.494 e. The monoisotopic (exact) mass is 256 g/mol. The van der Waals surface area contributed by atoms with Crippen LogP contribution in [-0.2, 0) is 4.79 Å². The number of halogens is 1. The van der Waals surface area contributed by atoms with Crippen molar-refractivity contribution >= 4 is 17.6 Å². The lowest BCUT2D eigenvalue weighted by Crippen LogP contribution is -2.10. The van der Waals surface area contributed by atoms with Gasteiger partial charge in [0.2, 0.25) is 0 Å². The number of hydrogen-bond acceptors (Lipinski definition) is 2. The van der Waals surface area contributed by atoms with E-state index in [9.17, 15) is 4.79 Å². The molecule has 1 N–H and O–H groups in total. The Balaban J connectivity index is 2.31. The highest BCUT2D eigenvalue weighted by atomic mass is 35.5. The molecule has 1 rings (SSSR count). The van der Waals surface area contributed by atoms with E-state index in [1.807, 2.05) is 19.1 Å². The molecule has 0 bridgehead atoms. The molecule has 0 saturated heterocycles. The predicted molar refractivity (Wildman–Crippen MR) is 67.7 cm³/mol. The van der Waals surface area contributed by atoms with E-state index in [0.717, 1.165) is 22.8 Å². The second-order valence-electron chi connectivity index (χ2n) is 4.14. The van der Waals surface area contributed by atoms with E-state index in [2.05, 4.69) is 0 Å². The molecule has 3 nitrogen and oxygen atoms in total. The van der Waals surface area contributed by atoms with Crippen LogP contribution in [-0.4, -0.2) is 17.7 Å². The third-order valence-electron chi connectivity index (χ3n) is 2.60. The Morgan fingerprint density at radius 3 is 2.82 bits per heavy atom. The summed E-state index contributed by atoms with van der Waals surface area (Å²) in [6.07, 6.45) is 1.36. The van der Waals surface area contributed by atoms with Crippen molar-refractivity contribution < 1.29 is 14.6 Å². The van der Waals surface area contributed by atoms with Crippen molar-refractivity contribution in [3.05, 3.63) is 28.8 Å². The first-order valence-corrected chi connectivity index (χ1v) is 6.00. The maximum atomic E-state index is 10.6. The summed E-state index contributed by atoms with van der Waals surface area (Å²) < 4.78 is 5.52. The summed E-state index contributed by atoms with van der Waals surface area (Å²) in [6, 6.07) is 5.49. The van der Waals surface area contributed by atoms with Crippen LogP contribution in [0.3, 0.4) is 0 Å². The Morgan fingerprint density at radius 2 is 2.24 bits per heavy atom. The zero-order chi connectivity index (χ0) is 12.8. The molecule has 94 valence electrons. The third kappa shape index (κ3) is 4.65. The van der Waals surface area contributed by atoms with Gasteiger partial charge in [0, 0.05) is 5.02 Å². The average molecular weight is 257 g/mol. The quantitative estimate of drug-likeness (QED) is 0.792. The summed E-state index contributed by atoms with van der Waals surface area (Å²) in [4.78, 5) is 10.6. The topological polar surface area (TPSA) is 46.5 Å². The van der Waals surface area contributed by atoms with Crippen LogP contribution in [0.15, 0.2) is 18.2 Å². The van der Waals surface area contributed by atoms with Gasteiger partial charge in [-0.15, -0.1) is 0 Å². The minimum atomic E-state index is -0.757. The molecule has 0 aliphatic carbocycles. The van der Waals surface area contributed by atoms with Crippen molar-refractivity contribution in [2.45, 2.75) is 26.7 Å². The number of aryl methyl sites for hydroxylation is 1. The molecule has 0 aromatic heterocycles. The Labute approximate surface area is 106 Å². The van der Waals surface area contributed by atoms with Gasteiger partial charge in [-0.05, 0) is 43.5 Å². The Kier molecular flexibility index (Phi) is 5.29. The maximum absolute atomic E-state index is 10.6. The van der Waals surface area contributed by atoms with E-state index in [1.165, 1.54) is 0 Å². The molecule has 0 fully saturated rings. The van der Waals surface area contributed by atoms with E-state index in [0.29, 0.717) is 13.0 Å². The fourth-order valence-electron chi connectivity index (χ4n) is 1.41. The van der Waals surface area contributed by atoms with Crippen LogP contribution >= 0.6 is 11.6 Å². The molecule has 4 heteroatoms. The lowest BCUT2D eigenvalue weighted by Gasteiger charge is -2.09. The summed E-state index contributed by atoms with van der Waals surface area (Å²) in [7, 11) is 0. The summed E-state index contributed by atoms with van der Waals surface area (Å²) in [5.41, 5.74) is 0.975. The zero-order valence-corrected chi connectivity index (χ0v) is 10.8. The van der Waals surface area contributed by atoms with Crippen LogP contribution < -0.4 is 4.74 Å². The molecule has 0 aliphatic rings. The Hall–Kier alpha value is -1.22. The molecular formula is C13H17ClO3. The molecule has 0 saturated carbocycles. The first kappa shape index (κ1) is 13.8. The van der Waals surface area contributed by atoms with Gasteiger partial charge in [-0.3, -0.25) is 4.79 Å². The molecule has 1 aromatic rings. The molecule has 0 heterocycles. The number of aliphatic carboxylic acids is 1. The highest BCUT2D eigenvalue weighted by molar-refractivity contribution is 6.31. The lowest BCUT2D eigenvalue weighted by atomic mass is 10.1. The van der Waals surface area contributed by atoms with Crippen LogP contribution in [0.4, 0.5) is 0 Å². The van der Waals surface area contributed by atoms with Crippen molar-refractivity contribution in [2.75, 3.05) is 6.61 Å². The first-order chi connectivity index (χ1) is 8.00. The van der Waals surface area contributed by atoms with Gasteiger partial charge in [-0.1, -0.05) is 18.5 Å². The van der Waals surface area contributed by atoms with Crippen LogP contribution in [0.5, 0.6) is 5.75 Å². The van der Waals surface area contributed by atoms with Gasteiger partial charge >= 0.3 is 5.97 Å². The van der Waals surface area contributed by atoms with Crippen molar-refractivity contribution in [1.82, 2.24) is 0 Å². The molecule has 0 aliphatic heterocycles. The van der Waals surface area contributed by atoms with Gasteiger partial charge in [0.15, 0.2) is 0 Å². The average Bonchev–Trinajstić information content (AvgIpc) is 2.28. The molecule has 0 amide bonds. The summed E-state index contributed by atoms with van der Waals surface area (Å²) in [6.45, 7) is 4.15. The number of carbonyl (C=O) groups is 1. The summed E-state index contributed by atoms with van der Waals surface area (Å²) >= 11 is 5.90. The third-order valence-corrected chi connectivity index (χ3v) is 3.03. The fourth-order valence-corrected chi connectivity index (χ4v) is 1.53. The van der Waals surface area contributed by atoms with Gasteiger partial charge in [-0.25, -0.2) is 0 Å². The van der Waals surface area contributed by atoms with E-state index in [-0.39, 0.29) is 5.92 Å². The lowest BCUT2D eigenvalue weighted by molar-refractivity contribution is -0.141. The highest BCUT2D eigenvalue weighted by Crippen LogP contribution is 2.21. The van der Waals surface area contributed by atoms with Crippen molar-refractivity contribution in [1.29, 1.82) is 0 Å². The van der Waals surface area contributed by atoms with Crippen molar-refractivity contribution in [2.24, 2.45) is 5.92 Å². The second kappa shape index (κ2) is 6.50. The van der Waals surface area contributed by atoms with Crippen molar-refractivity contribution in [3.8, 4) is 5.75 Å². The van der Waals surface area contributed by atoms with Crippen LogP contribution in [0.2, 0.25) is 5.02 Å². The van der Waals surface area contributed by atoms with E-state index in [4.69, 9.17) is 21.4 Å². The van der Waals surface area contributed by atoms with Gasteiger partial charge < -0.3 is 9.84 Å². The van der Waals surface area contributed by atoms with E-state index >= 15 is 0 Å². The van der Waals surface area contributed by atoms with E-state index < -0.39 is 5.97 Å². The second-order valence-corrected chi connectivity index (χ2v) is 4.55. The molecular weight excluding hydrogens is 240 g/mol. The zero-order valence-electron chi connectivity index (χ0n) is 10.1. The molecule has 17 heavy (non-hydrogen) atoms. The fraction of sp³-hybridized carbons (Fsp3) is 0.462. The minimum Gasteiger partial charge on any atom is -0.494 e.